The van der Waals surface area contributed by atoms with Crippen LogP contribution in [0.2, 0.25) is 0 Å². The molecular weight excluding hydrogens is 248 g/mol. The van der Waals surface area contributed by atoms with Crippen molar-refractivity contribution in [1.29, 1.82) is 0 Å². The minimum Gasteiger partial charge on any atom is -0.363 e. The average Bonchev–Trinajstić information content (AvgIpc) is 2.49. The minimum atomic E-state index is -3.24. The monoisotopic (exact) mass is 262 g/mol. The van der Waals surface area contributed by atoms with Gasteiger partial charge in [-0.15, -0.1) is 11.3 Å². The molecule has 2 rings (SSSR count). The summed E-state index contributed by atoms with van der Waals surface area (Å²) < 4.78 is 29.8. The number of hydrogen-bond donors (Lipinski definition) is 0. The summed E-state index contributed by atoms with van der Waals surface area (Å²) >= 11 is 1.55. The zero-order chi connectivity index (χ0) is 11.8. The molecule has 0 bridgehead atoms. The Morgan fingerprint density at radius 3 is 2.81 bits per heavy atom. The first kappa shape index (κ1) is 12.0. The molecule has 1 fully saturated rings. The van der Waals surface area contributed by atoms with Crippen LogP contribution < -0.4 is 0 Å². The van der Waals surface area contributed by atoms with Crippen LogP contribution in [0.1, 0.15) is 15.6 Å². The van der Waals surface area contributed by atoms with Gasteiger partial charge in [0.2, 0.25) is 10.0 Å². The topological polar surface area (TPSA) is 59.5 Å². The van der Waals surface area contributed by atoms with Gasteiger partial charge in [0.25, 0.3) is 0 Å². The highest BCUT2D eigenvalue weighted by Gasteiger charge is 2.27. The summed E-state index contributed by atoms with van der Waals surface area (Å²) in [5.74, 6) is -0.205. The molecule has 0 spiro atoms. The van der Waals surface area contributed by atoms with E-state index in [2.05, 4.69) is 4.98 Å². The summed E-state index contributed by atoms with van der Waals surface area (Å²) in [6, 6.07) is 0. The van der Waals surface area contributed by atoms with E-state index in [0.717, 1.165) is 15.6 Å². The first-order chi connectivity index (χ1) is 7.49. The van der Waals surface area contributed by atoms with Crippen molar-refractivity contribution in [3.63, 3.8) is 0 Å². The molecule has 7 heteroatoms. The minimum absolute atomic E-state index is 0.205. The van der Waals surface area contributed by atoms with Crippen molar-refractivity contribution in [3.8, 4) is 0 Å². The van der Waals surface area contributed by atoms with Crippen molar-refractivity contribution in [2.24, 2.45) is 0 Å². The molecule has 1 aromatic rings. The smallest absolute Gasteiger partial charge is 0.238 e. The molecule has 0 unspecified atom stereocenters. The van der Waals surface area contributed by atoms with E-state index in [1.165, 1.54) is 4.31 Å². The molecule has 0 N–H and O–H groups in total. The van der Waals surface area contributed by atoms with E-state index in [1.54, 1.807) is 11.3 Å². The molecule has 0 aliphatic carbocycles. The number of rotatable bonds is 2. The van der Waals surface area contributed by atoms with E-state index in [4.69, 9.17) is 4.74 Å². The van der Waals surface area contributed by atoms with Gasteiger partial charge in [-0.25, -0.2) is 13.4 Å². The fourth-order valence-corrected chi connectivity index (χ4v) is 3.79. The van der Waals surface area contributed by atoms with Crippen LogP contribution in [-0.4, -0.2) is 36.8 Å². The molecule has 0 radical (unpaired) electrons. The van der Waals surface area contributed by atoms with Gasteiger partial charge in [0.15, 0.2) is 5.94 Å². The summed E-state index contributed by atoms with van der Waals surface area (Å²) in [5, 5.41) is 0.971. The van der Waals surface area contributed by atoms with Crippen LogP contribution in [0, 0.1) is 13.8 Å². The number of hydrogen-bond acceptors (Lipinski definition) is 5. The molecule has 5 nitrogen and oxygen atoms in total. The maximum atomic E-state index is 11.7. The predicted octanol–water partition coefficient (Wildman–Crippen LogP) is 0.879. The van der Waals surface area contributed by atoms with Gasteiger partial charge < -0.3 is 4.74 Å². The highest BCUT2D eigenvalue weighted by molar-refractivity contribution is 7.88. The van der Waals surface area contributed by atoms with Gasteiger partial charge >= 0.3 is 0 Å². The molecular formula is C9H14N2O3S2. The van der Waals surface area contributed by atoms with Gasteiger partial charge in [-0.2, -0.15) is 4.31 Å². The summed E-state index contributed by atoms with van der Waals surface area (Å²) in [5.41, 5.74) is 0.921. The second-order valence-corrected chi connectivity index (χ2v) is 6.92. The largest absolute Gasteiger partial charge is 0.363 e. The summed E-state index contributed by atoms with van der Waals surface area (Å²) in [4.78, 5) is 5.31. The number of nitrogens with zero attached hydrogens (tertiary/aromatic N) is 2. The Balaban J connectivity index is 2.18. The van der Waals surface area contributed by atoms with E-state index < -0.39 is 10.0 Å². The number of sulfonamides is 1. The Labute approximate surface area is 99.1 Å². The molecule has 16 heavy (non-hydrogen) atoms. The van der Waals surface area contributed by atoms with E-state index in [0.29, 0.717) is 19.7 Å². The zero-order valence-corrected chi connectivity index (χ0v) is 10.9. The number of ether oxygens (including phenoxy) is 1. The van der Waals surface area contributed by atoms with Crippen LogP contribution in [0.15, 0.2) is 0 Å². The zero-order valence-electron chi connectivity index (χ0n) is 9.26. The normalized spacial score (nSPS) is 21.1. The Kier molecular flexibility index (Phi) is 3.29. The maximum Gasteiger partial charge on any atom is 0.238 e. The number of thiazole rings is 1. The summed E-state index contributed by atoms with van der Waals surface area (Å²) in [7, 11) is -3.24. The van der Waals surface area contributed by atoms with Crippen LogP contribution in [-0.2, 0) is 21.3 Å². The lowest BCUT2D eigenvalue weighted by atomic mass is 10.4. The Morgan fingerprint density at radius 2 is 2.25 bits per heavy atom. The van der Waals surface area contributed by atoms with Gasteiger partial charge in [-0.1, -0.05) is 0 Å². The van der Waals surface area contributed by atoms with Crippen molar-refractivity contribution in [3.05, 3.63) is 15.6 Å². The highest BCUT2D eigenvalue weighted by Crippen LogP contribution is 2.21. The van der Waals surface area contributed by atoms with Crippen molar-refractivity contribution in [2.45, 2.75) is 20.4 Å². The van der Waals surface area contributed by atoms with E-state index in [1.807, 2.05) is 13.8 Å². The Hall–Kier alpha value is -0.500. The lowest BCUT2D eigenvalue weighted by molar-refractivity contribution is 0.130. The second-order valence-electron chi connectivity index (χ2n) is 3.71. The van der Waals surface area contributed by atoms with Crippen molar-refractivity contribution in [1.82, 2.24) is 9.29 Å². The molecule has 0 amide bonds. The standard InChI is InChI=1S/C9H14N2O3S2/c1-7-9(15-8(2)10-7)5-11-3-4-14-6-16(11,12)13/h3-6H2,1-2H3. The molecule has 0 aromatic carbocycles. The summed E-state index contributed by atoms with van der Waals surface area (Å²) in [6.45, 7) is 5.15. The van der Waals surface area contributed by atoms with Gasteiger partial charge in [0, 0.05) is 11.4 Å². The predicted molar refractivity (Wildman–Crippen MR) is 61.7 cm³/mol. The fraction of sp³-hybridized carbons (Fsp3) is 0.667. The van der Waals surface area contributed by atoms with E-state index in [9.17, 15) is 8.42 Å². The van der Waals surface area contributed by atoms with Gasteiger partial charge in [-0.05, 0) is 13.8 Å². The number of aryl methyl sites for hydroxylation is 2. The van der Waals surface area contributed by atoms with Crippen molar-refractivity contribution < 1.29 is 13.2 Å². The number of aromatic nitrogens is 1. The molecule has 1 aromatic heterocycles. The third-order valence-electron chi connectivity index (χ3n) is 2.43. The van der Waals surface area contributed by atoms with Gasteiger partial charge in [0.1, 0.15) is 0 Å². The first-order valence-electron chi connectivity index (χ1n) is 4.97. The molecule has 2 heterocycles. The van der Waals surface area contributed by atoms with E-state index in [-0.39, 0.29) is 5.94 Å². The second kappa shape index (κ2) is 4.40. The summed E-state index contributed by atoms with van der Waals surface area (Å²) in [6.07, 6.45) is 0. The van der Waals surface area contributed by atoms with E-state index >= 15 is 0 Å². The maximum absolute atomic E-state index is 11.7. The van der Waals surface area contributed by atoms with Crippen LogP contribution in [0.3, 0.4) is 0 Å². The van der Waals surface area contributed by atoms with Gasteiger partial charge in [0.05, 0.1) is 23.9 Å². The molecule has 90 valence electrons. The molecule has 1 aliphatic rings. The van der Waals surface area contributed by atoms with Crippen molar-refractivity contribution in [2.75, 3.05) is 19.1 Å². The van der Waals surface area contributed by atoms with Gasteiger partial charge in [-0.3, -0.25) is 0 Å². The molecule has 1 aliphatic heterocycles. The van der Waals surface area contributed by atoms with Crippen LogP contribution in [0.4, 0.5) is 0 Å². The van der Waals surface area contributed by atoms with Crippen LogP contribution >= 0.6 is 11.3 Å². The first-order valence-corrected chi connectivity index (χ1v) is 7.40. The van der Waals surface area contributed by atoms with Crippen LogP contribution in [0.25, 0.3) is 0 Å². The Morgan fingerprint density at radius 1 is 1.50 bits per heavy atom. The SMILES string of the molecule is Cc1nc(C)c(CN2CCOCS2(=O)=O)s1. The fourth-order valence-electron chi connectivity index (χ4n) is 1.60. The molecule has 0 saturated carbocycles. The quantitative estimate of drug-likeness (QED) is 0.794. The van der Waals surface area contributed by atoms with Crippen LogP contribution in [0.5, 0.6) is 0 Å². The highest BCUT2D eigenvalue weighted by atomic mass is 32.2. The third-order valence-corrected chi connectivity index (χ3v) is 5.05. The van der Waals surface area contributed by atoms with Crippen molar-refractivity contribution >= 4 is 21.4 Å². The molecule has 1 saturated heterocycles. The average molecular weight is 262 g/mol. The lowest BCUT2D eigenvalue weighted by Gasteiger charge is -2.25. The Bertz CT molecular complexity index is 481. The lowest BCUT2D eigenvalue weighted by Crippen LogP contribution is -2.40. The molecule has 0 atom stereocenters. The third kappa shape index (κ3) is 2.42.